The first-order valence-corrected chi connectivity index (χ1v) is 5.65. The summed E-state index contributed by atoms with van der Waals surface area (Å²) in [6, 6.07) is -0.535. The average molecular weight is 236 g/mol. The van der Waals surface area contributed by atoms with Crippen molar-refractivity contribution in [1.29, 1.82) is 0 Å². The van der Waals surface area contributed by atoms with E-state index in [1.807, 2.05) is 11.8 Å². The van der Waals surface area contributed by atoms with E-state index >= 15 is 0 Å². The van der Waals surface area contributed by atoms with Crippen LogP contribution >= 0.6 is 0 Å². The van der Waals surface area contributed by atoms with Gasteiger partial charge in [0.05, 0.1) is 11.7 Å². The van der Waals surface area contributed by atoms with Crippen LogP contribution in [0.25, 0.3) is 0 Å². The molecule has 0 amide bonds. The average Bonchev–Trinajstić information content (AvgIpc) is 2.39. The molecule has 1 aromatic heterocycles. The van der Waals surface area contributed by atoms with E-state index in [2.05, 4.69) is 15.3 Å². The summed E-state index contributed by atoms with van der Waals surface area (Å²) in [4.78, 5) is 21.4. The number of rotatable bonds is 3. The van der Waals surface area contributed by atoms with Crippen molar-refractivity contribution < 1.29 is 9.90 Å². The van der Waals surface area contributed by atoms with Gasteiger partial charge in [-0.05, 0) is 6.92 Å². The monoisotopic (exact) mass is 236 g/mol. The lowest BCUT2D eigenvalue weighted by Crippen LogP contribution is -2.55. The normalized spacial score (nSPS) is 23.2. The minimum absolute atomic E-state index is 0.0353. The third kappa shape index (κ3) is 2.59. The van der Waals surface area contributed by atoms with Crippen molar-refractivity contribution in [2.45, 2.75) is 19.0 Å². The van der Waals surface area contributed by atoms with Crippen LogP contribution in [-0.4, -0.2) is 51.6 Å². The third-order valence-corrected chi connectivity index (χ3v) is 3.08. The molecule has 0 aliphatic carbocycles. The standard InChI is InChI=1S/C11H16N4O2/c1-8(9-6-12-2-3-14-9)15-5-4-13-7-10(15)11(16)17/h2-3,6,8,10,13H,4-5,7H2,1H3,(H,16,17)/t8-,10-/m0/s1. The Bertz CT molecular complexity index is 384. The summed E-state index contributed by atoms with van der Waals surface area (Å²) in [5.74, 6) is -0.798. The molecule has 0 aromatic carbocycles. The highest BCUT2D eigenvalue weighted by atomic mass is 16.4. The molecule has 1 aliphatic heterocycles. The molecule has 92 valence electrons. The highest BCUT2D eigenvalue weighted by Crippen LogP contribution is 2.21. The van der Waals surface area contributed by atoms with Crippen LogP contribution in [-0.2, 0) is 4.79 Å². The molecule has 0 bridgehead atoms. The number of piperazine rings is 1. The van der Waals surface area contributed by atoms with Crippen molar-refractivity contribution in [3.8, 4) is 0 Å². The molecule has 17 heavy (non-hydrogen) atoms. The van der Waals surface area contributed by atoms with Crippen molar-refractivity contribution >= 4 is 5.97 Å². The van der Waals surface area contributed by atoms with Gasteiger partial charge in [0.15, 0.2) is 0 Å². The fourth-order valence-electron chi connectivity index (χ4n) is 2.11. The second-order valence-corrected chi connectivity index (χ2v) is 4.10. The van der Waals surface area contributed by atoms with Gasteiger partial charge in [-0.3, -0.25) is 19.7 Å². The Labute approximate surface area is 99.7 Å². The van der Waals surface area contributed by atoms with Crippen LogP contribution in [0.1, 0.15) is 18.7 Å². The Morgan fingerprint density at radius 2 is 2.47 bits per heavy atom. The maximum Gasteiger partial charge on any atom is 0.322 e. The zero-order valence-corrected chi connectivity index (χ0v) is 9.71. The van der Waals surface area contributed by atoms with Crippen LogP contribution in [0.15, 0.2) is 18.6 Å². The van der Waals surface area contributed by atoms with Gasteiger partial charge < -0.3 is 10.4 Å². The summed E-state index contributed by atoms with van der Waals surface area (Å²) in [6.45, 7) is 3.94. The molecule has 2 N–H and O–H groups in total. The van der Waals surface area contributed by atoms with Crippen LogP contribution in [0.3, 0.4) is 0 Å². The number of nitrogens with one attached hydrogen (secondary N) is 1. The van der Waals surface area contributed by atoms with E-state index in [9.17, 15) is 9.90 Å². The molecule has 0 spiro atoms. The maximum atomic E-state index is 11.2. The summed E-state index contributed by atoms with van der Waals surface area (Å²) < 4.78 is 0. The number of carbonyl (C=O) groups is 1. The fourth-order valence-corrected chi connectivity index (χ4v) is 2.11. The highest BCUT2D eigenvalue weighted by Gasteiger charge is 2.32. The van der Waals surface area contributed by atoms with Crippen molar-refractivity contribution in [1.82, 2.24) is 20.2 Å². The van der Waals surface area contributed by atoms with E-state index in [1.165, 1.54) is 0 Å². The van der Waals surface area contributed by atoms with Gasteiger partial charge in [0.1, 0.15) is 6.04 Å². The van der Waals surface area contributed by atoms with E-state index < -0.39 is 12.0 Å². The van der Waals surface area contributed by atoms with E-state index in [1.54, 1.807) is 18.6 Å². The molecule has 2 rings (SSSR count). The highest BCUT2D eigenvalue weighted by molar-refractivity contribution is 5.74. The van der Waals surface area contributed by atoms with Crippen LogP contribution in [0, 0.1) is 0 Å². The summed E-state index contributed by atoms with van der Waals surface area (Å²) in [6.07, 6.45) is 4.93. The van der Waals surface area contributed by atoms with Crippen molar-refractivity contribution in [3.63, 3.8) is 0 Å². The summed E-state index contributed by atoms with van der Waals surface area (Å²) in [7, 11) is 0. The van der Waals surface area contributed by atoms with Crippen molar-refractivity contribution in [2.75, 3.05) is 19.6 Å². The minimum atomic E-state index is -0.798. The Morgan fingerprint density at radius 3 is 3.12 bits per heavy atom. The lowest BCUT2D eigenvalue weighted by atomic mass is 10.1. The van der Waals surface area contributed by atoms with Crippen LogP contribution < -0.4 is 5.32 Å². The number of aromatic nitrogens is 2. The molecule has 0 radical (unpaired) electrons. The molecule has 0 unspecified atom stereocenters. The second-order valence-electron chi connectivity index (χ2n) is 4.10. The van der Waals surface area contributed by atoms with Crippen LogP contribution in [0.4, 0.5) is 0 Å². The molecule has 0 saturated carbocycles. The number of hydrogen-bond acceptors (Lipinski definition) is 5. The maximum absolute atomic E-state index is 11.2. The van der Waals surface area contributed by atoms with Gasteiger partial charge in [0.25, 0.3) is 0 Å². The smallest absolute Gasteiger partial charge is 0.322 e. The molecule has 1 aromatic rings. The third-order valence-electron chi connectivity index (χ3n) is 3.08. The molecule has 1 saturated heterocycles. The predicted octanol–water partition coefficient (Wildman–Crippen LogP) is -0.104. The molecule has 1 aliphatic rings. The second kappa shape index (κ2) is 5.20. The van der Waals surface area contributed by atoms with E-state index in [0.717, 1.165) is 12.2 Å². The van der Waals surface area contributed by atoms with Crippen molar-refractivity contribution in [3.05, 3.63) is 24.3 Å². The quantitative estimate of drug-likeness (QED) is 0.763. The van der Waals surface area contributed by atoms with Crippen molar-refractivity contribution in [2.24, 2.45) is 0 Å². The molecule has 6 nitrogen and oxygen atoms in total. The summed E-state index contributed by atoms with van der Waals surface area (Å²) >= 11 is 0. The van der Waals surface area contributed by atoms with Gasteiger partial charge in [-0.25, -0.2) is 0 Å². The predicted molar refractivity (Wildman–Crippen MR) is 61.4 cm³/mol. The topological polar surface area (TPSA) is 78.4 Å². The Balaban J connectivity index is 2.16. The zero-order valence-electron chi connectivity index (χ0n) is 9.71. The van der Waals surface area contributed by atoms with Gasteiger partial charge in [-0.15, -0.1) is 0 Å². The van der Waals surface area contributed by atoms with E-state index in [4.69, 9.17) is 0 Å². The fraction of sp³-hybridized carbons (Fsp3) is 0.545. The Morgan fingerprint density at radius 1 is 1.65 bits per heavy atom. The molecular formula is C11H16N4O2. The van der Waals surface area contributed by atoms with Crippen LogP contribution in [0.2, 0.25) is 0 Å². The zero-order chi connectivity index (χ0) is 12.3. The number of hydrogen-bond donors (Lipinski definition) is 2. The molecule has 2 atom stereocenters. The first-order valence-electron chi connectivity index (χ1n) is 5.65. The Kier molecular flexibility index (Phi) is 3.65. The van der Waals surface area contributed by atoms with Gasteiger partial charge in [0, 0.05) is 38.2 Å². The molecule has 1 fully saturated rings. The molecule has 2 heterocycles. The van der Waals surface area contributed by atoms with Gasteiger partial charge in [-0.1, -0.05) is 0 Å². The first-order chi connectivity index (χ1) is 8.20. The summed E-state index contributed by atoms with van der Waals surface area (Å²) in [5.41, 5.74) is 0.806. The number of carboxylic acid groups (broad SMARTS) is 1. The molecular weight excluding hydrogens is 220 g/mol. The van der Waals surface area contributed by atoms with E-state index in [-0.39, 0.29) is 6.04 Å². The largest absolute Gasteiger partial charge is 0.480 e. The molecule has 6 heteroatoms. The number of carboxylic acids is 1. The first kappa shape index (κ1) is 11.9. The lowest BCUT2D eigenvalue weighted by molar-refractivity contribution is -0.145. The SMILES string of the molecule is C[C@@H](c1cnccn1)N1CCNC[C@H]1C(=O)O. The lowest BCUT2D eigenvalue weighted by Gasteiger charge is -2.37. The number of nitrogens with zero attached hydrogens (tertiary/aromatic N) is 3. The van der Waals surface area contributed by atoms with Gasteiger partial charge >= 0.3 is 5.97 Å². The van der Waals surface area contributed by atoms with E-state index in [0.29, 0.717) is 13.1 Å². The Hall–Kier alpha value is -1.53. The van der Waals surface area contributed by atoms with Gasteiger partial charge in [-0.2, -0.15) is 0 Å². The minimum Gasteiger partial charge on any atom is -0.480 e. The number of aliphatic carboxylic acids is 1. The van der Waals surface area contributed by atoms with Gasteiger partial charge in [0.2, 0.25) is 0 Å². The summed E-state index contributed by atoms with van der Waals surface area (Å²) in [5, 5.41) is 12.3. The van der Waals surface area contributed by atoms with Crippen LogP contribution in [0.5, 0.6) is 0 Å².